The largest absolute Gasteiger partial charge is 0.435 e. The molecule has 6 nitrogen and oxygen atoms in total. The van der Waals surface area contributed by atoms with E-state index < -0.39 is 12.5 Å². The van der Waals surface area contributed by atoms with Crippen LogP contribution >= 0.6 is 0 Å². The Bertz CT molecular complexity index is 724. The molecule has 0 aliphatic heterocycles. The summed E-state index contributed by atoms with van der Waals surface area (Å²) in [4.78, 5) is 24.6. The summed E-state index contributed by atoms with van der Waals surface area (Å²) in [5, 5.41) is 0. The molecule has 1 atom stereocenters. The maximum atomic E-state index is 12.1. The fourth-order valence-corrected chi connectivity index (χ4v) is 2.31. The van der Waals surface area contributed by atoms with Crippen molar-refractivity contribution >= 4 is 11.8 Å². The molecule has 2 aromatic carbocycles. The molecule has 0 aromatic heterocycles. The molecule has 0 saturated carbocycles. The van der Waals surface area contributed by atoms with Gasteiger partial charge < -0.3 is 9.64 Å². The van der Waals surface area contributed by atoms with Crippen LogP contribution in [0.25, 0.3) is 0 Å². The lowest BCUT2D eigenvalue weighted by molar-refractivity contribution is -0.885. The van der Waals surface area contributed by atoms with Crippen LogP contribution in [0.2, 0.25) is 0 Å². The first-order chi connectivity index (χ1) is 12.4. The van der Waals surface area contributed by atoms with Gasteiger partial charge in [-0.05, 0) is 36.4 Å². The van der Waals surface area contributed by atoms with E-state index in [1.807, 2.05) is 7.05 Å². The highest BCUT2D eigenvalue weighted by atomic mass is 19.3. The summed E-state index contributed by atoms with van der Waals surface area (Å²) in [7, 11) is 1.81. The lowest BCUT2D eigenvalue weighted by atomic mass is 10.2. The Hall–Kier alpha value is -3.00. The number of benzene rings is 2. The predicted molar refractivity (Wildman–Crippen MR) is 90.6 cm³/mol. The number of hydrazine groups is 1. The number of nitrogens with one attached hydrogen (secondary N) is 3. The number of alkyl halides is 2. The third-order valence-electron chi connectivity index (χ3n) is 3.47. The highest BCUT2D eigenvalue weighted by Crippen LogP contribution is 2.14. The van der Waals surface area contributed by atoms with Crippen molar-refractivity contribution in [3.63, 3.8) is 0 Å². The quantitative estimate of drug-likeness (QED) is 0.636. The second-order valence-corrected chi connectivity index (χ2v) is 5.70. The summed E-state index contributed by atoms with van der Waals surface area (Å²) in [5.41, 5.74) is 6.03. The Morgan fingerprint density at radius 1 is 1.04 bits per heavy atom. The van der Waals surface area contributed by atoms with Crippen LogP contribution in [-0.2, 0) is 11.3 Å². The minimum atomic E-state index is -2.86. The Kier molecular flexibility index (Phi) is 7.04. The second-order valence-electron chi connectivity index (χ2n) is 5.70. The number of amides is 2. The van der Waals surface area contributed by atoms with Crippen LogP contribution in [0.15, 0.2) is 54.6 Å². The molecule has 0 aliphatic rings. The summed E-state index contributed by atoms with van der Waals surface area (Å²) >= 11 is 0. The smallest absolute Gasteiger partial charge is 0.387 e. The molecule has 2 rings (SSSR count). The van der Waals surface area contributed by atoms with Crippen LogP contribution in [0.4, 0.5) is 8.78 Å². The molecule has 2 amide bonds. The average molecular weight is 364 g/mol. The number of hydrogen-bond acceptors (Lipinski definition) is 3. The van der Waals surface area contributed by atoms with Gasteiger partial charge in [-0.1, -0.05) is 18.2 Å². The van der Waals surface area contributed by atoms with Gasteiger partial charge in [0.05, 0.1) is 7.05 Å². The molecule has 26 heavy (non-hydrogen) atoms. The van der Waals surface area contributed by atoms with Gasteiger partial charge in [-0.25, -0.2) is 0 Å². The van der Waals surface area contributed by atoms with Gasteiger partial charge in [-0.2, -0.15) is 8.78 Å². The molecule has 3 N–H and O–H groups in total. The molecule has 0 spiro atoms. The first-order valence-corrected chi connectivity index (χ1v) is 7.93. The fraction of sp³-hybridized carbons (Fsp3) is 0.222. The maximum Gasteiger partial charge on any atom is 0.387 e. The zero-order valence-corrected chi connectivity index (χ0v) is 14.2. The van der Waals surface area contributed by atoms with E-state index in [1.54, 1.807) is 42.5 Å². The fourth-order valence-electron chi connectivity index (χ4n) is 2.31. The summed E-state index contributed by atoms with van der Waals surface area (Å²) in [6.07, 6.45) is 0. The molecule has 138 valence electrons. The monoisotopic (exact) mass is 364 g/mol. The number of carbonyl (C=O) groups is 2. The molecule has 8 heteroatoms. The van der Waals surface area contributed by atoms with E-state index in [-0.39, 0.29) is 18.2 Å². The standard InChI is InChI=1S/C18H19F2N3O3/c1-23(11-13-7-9-15(10-8-13)26-18(19)20)12-16(24)21-22-17(25)14-5-3-2-4-6-14/h2-10,18H,11-12H2,1H3,(H,21,24)(H,22,25)/p+1. The molecule has 0 fully saturated rings. The molecule has 0 radical (unpaired) electrons. The Morgan fingerprint density at radius 2 is 1.69 bits per heavy atom. The van der Waals surface area contributed by atoms with Crippen LogP contribution < -0.4 is 20.5 Å². The summed E-state index contributed by atoms with van der Waals surface area (Å²) < 4.78 is 28.5. The highest BCUT2D eigenvalue weighted by molar-refractivity contribution is 5.95. The third-order valence-corrected chi connectivity index (χ3v) is 3.47. The van der Waals surface area contributed by atoms with Crippen LogP contribution in [0, 0.1) is 0 Å². The molecule has 0 aliphatic carbocycles. The summed E-state index contributed by atoms with van der Waals surface area (Å²) in [6.45, 7) is -2.22. The maximum absolute atomic E-state index is 12.1. The van der Waals surface area contributed by atoms with Crippen molar-refractivity contribution < 1.29 is 28.0 Å². The Balaban J connectivity index is 1.75. The molecule has 0 heterocycles. The van der Waals surface area contributed by atoms with Gasteiger partial charge in [0, 0.05) is 11.1 Å². The molecule has 0 saturated heterocycles. The Morgan fingerprint density at radius 3 is 2.31 bits per heavy atom. The minimum absolute atomic E-state index is 0.0859. The predicted octanol–water partition coefficient (Wildman–Crippen LogP) is 0.764. The highest BCUT2D eigenvalue weighted by Gasteiger charge is 2.12. The SMILES string of the molecule is C[NH+](CC(=O)NNC(=O)c1ccccc1)Cc1ccc(OC(F)F)cc1. The van der Waals surface area contributed by atoms with E-state index in [0.717, 1.165) is 10.5 Å². The van der Waals surface area contributed by atoms with Gasteiger partial charge in [0.25, 0.3) is 11.8 Å². The summed E-state index contributed by atoms with van der Waals surface area (Å²) in [6, 6.07) is 14.8. The van der Waals surface area contributed by atoms with E-state index in [1.165, 1.54) is 12.1 Å². The molecule has 2 aromatic rings. The second kappa shape index (κ2) is 9.47. The molecular weight excluding hydrogens is 344 g/mol. The van der Waals surface area contributed by atoms with Gasteiger partial charge in [-0.15, -0.1) is 0 Å². The molecule has 0 bridgehead atoms. The van der Waals surface area contributed by atoms with Crippen LogP contribution in [-0.4, -0.2) is 32.0 Å². The Labute approximate surface area is 149 Å². The van der Waals surface area contributed by atoms with Crippen molar-refractivity contribution in [1.82, 2.24) is 10.9 Å². The lowest BCUT2D eigenvalue weighted by Gasteiger charge is -2.14. The van der Waals surface area contributed by atoms with Gasteiger partial charge in [0.15, 0.2) is 6.54 Å². The number of hydrogen-bond donors (Lipinski definition) is 3. The lowest BCUT2D eigenvalue weighted by Crippen LogP contribution is -3.09. The van der Waals surface area contributed by atoms with E-state index in [2.05, 4.69) is 15.6 Å². The van der Waals surface area contributed by atoms with Crippen molar-refractivity contribution in [2.24, 2.45) is 0 Å². The first-order valence-electron chi connectivity index (χ1n) is 7.93. The van der Waals surface area contributed by atoms with Crippen molar-refractivity contribution in [1.29, 1.82) is 0 Å². The van der Waals surface area contributed by atoms with Crippen molar-refractivity contribution in [3.05, 3.63) is 65.7 Å². The van der Waals surface area contributed by atoms with Crippen LogP contribution in [0.3, 0.4) is 0 Å². The van der Waals surface area contributed by atoms with E-state index in [0.29, 0.717) is 12.1 Å². The number of quaternary nitrogens is 1. The van der Waals surface area contributed by atoms with Crippen molar-refractivity contribution in [2.75, 3.05) is 13.6 Å². The number of rotatable bonds is 7. The molecular formula is C18H20F2N3O3+. The number of likely N-dealkylation sites (N-methyl/N-ethyl adjacent to an activating group) is 1. The van der Waals surface area contributed by atoms with Crippen molar-refractivity contribution in [2.45, 2.75) is 13.2 Å². The van der Waals surface area contributed by atoms with Gasteiger partial charge in [0.1, 0.15) is 12.3 Å². The number of carbonyl (C=O) groups excluding carboxylic acids is 2. The topological polar surface area (TPSA) is 71.9 Å². The van der Waals surface area contributed by atoms with E-state index in [9.17, 15) is 18.4 Å². The first kappa shape index (κ1) is 19.3. The zero-order chi connectivity index (χ0) is 18.9. The van der Waals surface area contributed by atoms with E-state index in [4.69, 9.17) is 0 Å². The minimum Gasteiger partial charge on any atom is -0.435 e. The normalized spacial score (nSPS) is 11.7. The number of halogens is 2. The van der Waals surface area contributed by atoms with Crippen molar-refractivity contribution in [3.8, 4) is 5.75 Å². The van der Waals surface area contributed by atoms with Crippen LogP contribution in [0.5, 0.6) is 5.75 Å². The molecule has 1 unspecified atom stereocenters. The van der Waals surface area contributed by atoms with Gasteiger partial charge in [0.2, 0.25) is 0 Å². The average Bonchev–Trinajstić information content (AvgIpc) is 2.61. The van der Waals surface area contributed by atoms with E-state index >= 15 is 0 Å². The van der Waals surface area contributed by atoms with Gasteiger partial charge in [-0.3, -0.25) is 20.4 Å². The van der Waals surface area contributed by atoms with Crippen LogP contribution in [0.1, 0.15) is 15.9 Å². The zero-order valence-electron chi connectivity index (χ0n) is 14.2. The third kappa shape index (κ3) is 6.48. The van der Waals surface area contributed by atoms with Gasteiger partial charge >= 0.3 is 6.61 Å². The summed E-state index contributed by atoms with van der Waals surface area (Å²) in [5.74, 6) is -0.654. The number of ether oxygens (including phenoxy) is 1.